The summed E-state index contributed by atoms with van der Waals surface area (Å²) < 4.78 is 26.5. The van der Waals surface area contributed by atoms with E-state index in [1.54, 1.807) is 36.4 Å². The fourth-order valence-electron chi connectivity index (χ4n) is 4.03. The van der Waals surface area contributed by atoms with Crippen LogP contribution in [-0.2, 0) is 33.4 Å². The molecule has 0 bridgehead atoms. The van der Waals surface area contributed by atoms with Crippen LogP contribution in [-0.4, -0.2) is 9.85 Å². The quantitative estimate of drug-likeness (QED) is 0.0970. The third-order valence-corrected chi connectivity index (χ3v) is 8.33. The third-order valence-electron chi connectivity index (χ3n) is 6.00. The van der Waals surface area contributed by atoms with Crippen molar-refractivity contribution in [3.8, 4) is 0 Å². The van der Waals surface area contributed by atoms with Gasteiger partial charge in [-0.1, -0.05) is 78.3 Å². The van der Waals surface area contributed by atoms with Gasteiger partial charge in [0.25, 0.3) is 11.4 Å². The van der Waals surface area contributed by atoms with Crippen LogP contribution in [0, 0.1) is 20.2 Å². The number of para-hydroxylation sites is 2. The molecule has 4 aromatic carbocycles. The molecular weight excluding hydrogens is 557 g/mol. The molecule has 4 aromatic rings. The maximum Gasteiger partial charge on any atom is 0.352 e. The van der Waals surface area contributed by atoms with Crippen molar-refractivity contribution in [1.82, 2.24) is 5.32 Å². The van der Waals surface area contributed by atoms with Crippen LogP contribution in [0.25, 0.3) is 0 Å². The average molecular weight is 582 g/mol. The first kappa shape index (κ1) is 29.1. The molecule has 40 heavy (non-hydrogen) atoms. The number of nitro benzene ring substituents is 2. The standard InChI is InChI=1S/C28H25ClN3O7P/c29-25-14-8-13-22(17-25)28(30-18-21-9-2-1-3-10-21)40(37,38-19-23-11-4-6-15-26(23)31(33)34)39-20-24-12-5-7-16-27(24)32(35)36/h1-17,28,30H,18-20H2/t28-/m0/s1. The molecule has 0 aliphatic heterocycles. The number of hydrogen-bond acceptors (Lipinski definition) is 8. The van der Waals surface area contributed by atoms with Gasteiger partial charge in [-0.2, -0.15) is 0 Å². The second-order valence-electron chi connectivity index (χ2n) is 8.68. The van der Waals surface area contributed by atoms with Gasteiger partial charge in [-0.05, 0) is 35.4 Å². The monoisotopic (exact) mass is 581 g/mol. The van der Waals surface area contributed by atoms with Crippen molar-refractivity contribution in [3.63, 3.8) is 0 Å². The molecule has 206 valence electrons. The Kier molecular flexibility index (Phi) is 9.76. The van der Waals surface area contributed by atoms with Crippen molar-refractivity contribution in [3.05, 3.63) is 151 Å². The molecule has 4 rings (SSSR count). The van der Waals surface area contributed by atoms with Crippen LogP contribution >= 0.6 is 19.2 Å². The van der Waals surface area contributed by atoms with E-state index in [0.717, 1.165) is 5.56 Å². The molecule has 0 spiro atoms. The van der Waals surface area contributed by atoms with E-state index in [1.807, 2.05) is 30.3 Å². The van der Waals surface area contributed by atoms with E-state index >= 15 is 0 Å². The summed E-state index contributed by atoms with van der Waals surface area (Å²) in [7, 11) is -4.25. The first-order valence-electron chi connectivity index (χ1n) is 12.1. The summed E-state index contributed by atoms with van der Waals surface area (Å²) in [5.74, 6) is -1.07. The van der Waals surface area contributed by atoms with Gasteiger partial charge in [0.2, 0.25) is 0 Å². The lowest BCUT2D eigenvalue weighted by Gasteiger charge is -2.28. The van der Waals surface area contributed by atoms with Crippen LogP contribution in [0.4, 0.5) is 11.4 Å². The Morgan fingerprint density at radius 2 is 1.27 bits per heavy atom. The average Bonchev–Trinajstić information content (AvgIpc) is 2.96. The normalized spacial score (nSPS) is 12.1. The maximum atomic E-state index is 14.7. The van der Waals surface area contributed by atoms with Gasteiger partial charge in [-0.25, -0.2) is 0 Å². The number of halogens is 1. The number of nitro groups is 2. The summed E-state index contributed by atoms with van der Waals surface area (Å²) in [4.78, 5) is 22.0. The van der Waals surface area contributed by atoms with E-state index in [0.29, 0.717) is 10.6 Å². The van der Waals surface area contributed by atoms with E-state index in [1.165, 1.54) is 36.4 Å². The van der Waals surface area contributed by atoms with Crippen LogP contribution in [0.2, 0.25) is 5.02 Å². The molecule has 10 nitrogen and oxygen atoms in total. The van der Waals surface area contributed by atoms with Crippen molar-refractivity contribution in [2.75, 3.05) is 0 Å². The number of nitrogens with one attached hydrogen (secondary N) is 1. The fraction of sp³-hybridized carbons (Fsp3) is 0.143. The molecule has 0 fully saturated rings. The van der Waals surface area contributed by atoms with Gasteiger partial charge in [-0.3, -0.25) is 30.1 Å². The van der Waals surface area contributed by atoms with E-state index in [9.17, 15) is 24.8 Å². The summed E-state index contributed by atoms with van der Waals surface area (Å²) in [6.07, 6.45) is 0. The van der Waals surface area contributed by atoms with Gasteiger partial charge in [0, 0.05) is 23.7 Å². The number of hydrogen-bond donors (Lipinski definition) is 1. The lowest BCUT2D eigenvalue weighted by Crippen LogP contribution is -2.23. The van der Waals surface area contributed by atoms with Crippen molar-refractivity contribution >= 4 is 30.6 Å². The van der Waals surface area contributed by atoms with Crippen LogP contribution in [0.15, 0.2) is 103 Å². The molecule has 0 amide bonds. The maximum absolute atomic E-state index is 14.7. The van der Waals surface area contributed by atoms with Crippen LogP contribution in [0.5, 0.6) is 0 Å². The zero-order chi connectivity index (χ0) is 28.5. The molecule has 0 aliphatic carbocycles. The zero-order valence-corrected chi connectivity index (χ0v) is 22.7. The van der Waals surface area contributed by atoms with Crippen LogP contribution < -0.4 is 5.32 Å². The minimum atomic E-state index is -4.25. The van der Waals surface area contributed by atoms with Crippen LogP contribution in [0.1, 0.15) is 28.0 Å². The summed E-state index contributed by atoms with van der Waals surface area (Å²) in [5, 5.41) is 26.7. The lowest BCUT2D eigenvalue weighted by molar-refractivity contribution is -0.385. The molecular formula is C28H25ClN3O7P. The SMILES string of the molecule is O=[N+]([O-])c1ccccc1COP(=O)(OCc1ccccc1[N+](=O)[O-])[C@H](NCc1ccccc1)c1cccc(Cl)c1. The number of nitrogens with zero attached hydrogens (tertiary/aromatic N) is 2. The van der Waals surface area contributed by atoms with Gasteiger partial charge in [0.05, 0.1) is 34.2 Å². The van der Waals surface area contributed by atoms with Crippen molar-refractivity contribution in [2.45, 2.75) is 25.5 Å². The first-order chi connectivity index (χ1) is 19.3. The van der Waals surface area contributed by atoms with Crippen LogP contribution in [0.3, 0.4) is 0 Å². The van der Waals surface area contributed by atoms with E-state index in [2.05, 4.69) is 5.32 Å². The molecule has 0 saturated carbocycles. The van der Waals surface area contributed by atoms with Gasteiger partial charge in [-0.15, -0.1) is 0 Å². The Bertz CT molecular complexity index is 1470. The molecule has 0 saturated heterocycles. The second kappa shape index (κ2) is 13.4. The molecule has 0 heterocycles. The summed E-state index contributed by atoms with van der Waals surface area (Å²) in [6.45, 7) is -0.545. The number of rotatable bonds is 13. The highest BCUT2D eigenvalue weighted by molar-refractivity contribution is 7.54. The molecule has 0 aromatic heterocycles. The van der Waals surface area contributed by atoms with Gasteiger partial charge >= 0.3 is 7.60 Å². The number of benzene rings is 4. The largest absolute Gasteiger partial charge is 0.352 e. The van der Waals surface area contributed by atoms with Gasteiger partial charge < -0.3 is 9.05 Å². The smallest absolute Gasteiger partial charge is 0.302 e. The van der Waals surface area contributed by atoms with E-state index < -0.39 is 36.4 Å². The molecule has 12 heteroatoms. The van der Waals surface area contributed by atoms with Crippen molar-refractivity contribution in [2.24, 2.45) is 0 Å². The van der Waals surface area contributed by atoms with Crippen molar-refractivity contribution in [1.29, 1.82) is 0 Å². The summed E-state index contributed by atoms with van der Waals surface area (Å²) in [5.41, 5.74) is 1.34. The molecule has 0 radical (unpaired) electrons. The van der Waals surface area contributed by atoms with Crippen molar-refractivity contribution < 1.29 is 23.5 Å². The Labute approximate surface area is 235 Å². The fourth-order valence-corrected chi connectivity index (χ4v) is 6.08. The Hall–Kier alpha value is -3.92. The molecule has 0 aliphatic rings. The second-order valence-corrected chi connectivity index (χ2v) is 11.2. The highest BCUT2D eigenvalue weighted by atomic mass is 35.5. The van der Waals surface area contributed by atoms with E-state index in [4.69, 9.17) is 20.6 Å². The zero-order valence-electron chi connectivity index (χ0n) is 21.1. The Morgan fingerprint density at radius 3 is 1.80 bits per heavy atom. The Balaban J connectivity index is 1.73. The molecule has 1 N–H and O–H groups in total. The summed E-state index contributed by atoms with van der Waals surface area (Å²) >= 11 is 6.26. The van der Waals surface area contributed by atoms with E-state index in [-0.39, 0.29) is 29.0 Å². The highest BCUT2D eigenvalue weighted by Gasteiger charge is 2.39. The summed E-state index contributed by atoms with van der Waals surface area (Å²) in [6, 6.07) is 27.9. The lowest BCUT2D eigenvalue weighted by atomic mass is 10.2. The minimum absolute atomic E-state index is 0.190. The topological polar surface area (TPSA) is 134 Å². The highest BCUT2D eigenvalue weighted by Crippen LogP contribution is 2.61. The Morgan fingerprint density at radius 1 is 0.750 bits per heavy atom. The predicted octanol–water partition coefficient (Wildman–Crippen LogP) is 7.57. The minimum Gasteiger partial charge on any atom is -0.302 e. The van der Waals surface area contributed by atoms with Gasteiger partial charge in [0.1, 0.15) is 5.78 Å². The molecule has 0 unspecified atom stereocenters. The van der Waals surface area contributed by atoms with Gasteiger partial charge in [0.15, 0.2) is 0 Å². The predicted molar refractivity (Wildman–Crippen MR) is 151 cm³/mol. The molecule has 1 atom stereocenters. The first-order valence-corrected chi connectivity index (χ1v) is 14.1. The third kappa shape index (κ3) is 7.38.